The Kier molecular flexibility index (Phi) is 6.22. The second-order valence-electron chi connectivity index (χ2n) is 5.06. The van der Waals surface area contributed by atoms with Crippen LogP contribution in [0, 0.1) is 0 Å². The summed E-state index contributed by atoms with van der Waals surface area (Å²) in [5, 5.41) is 12.0. The number of amides is 2. The standard InChI is InChI=1S/C13H24N2O5/c1-4-10(2)15(6-8-19-3)12(18)14-13(11(16)17)5-7-20-9-13/h10H,4-9H2,1-3H3,(H,14,18)(H,16,17). The molecule has 1 aliphatic rings. The van der Waals surface area contributed by atoms with Crippen molar-refractivity contribution in [1.29, 1.82) is 0 Å². The van der Waals surface area contributed by atoms with Crippen LogP contribution in [0.2, 0.25) is 0 Å². The van der Waals surface area contributed by atoms with Crippen molar-refractivity contribution >= 4 is 12.0 Å². The van der Waals surface area contributed by atoms with Crippen molar-refractivity contribution in [3.8, 4) is 0 Å². The number of carbonyl (C=O) groups excluding carboxylic acids is 1. The third-order valence-corrected chi connectivity index (χ3v) is 3.70. The smallest absolute Gasteiger partial charge is 0.332 e. The van der Waals surface area contributed by atoms with E-state index in [1.165, 1.54) is 0 Å². The van der Waals surface area contributed by atoms with Crippen LogP contribution in [0.15, 0.2) is 0 Å². The van der Waals surface area contributed by atoms with Gasteiger partial charge in [-0.15, -0.1) is 0 Å². The highest BCUT2D eigenvalue weighted by Crippen LogP contribution is 2.20. The summed E-state index contributed by atoms with van der Waals surface area (Å²) >= 11 is 0. The SMILES string of the molecule is CCC(C)N(CCOC)C(=O)NC1(C(=O)O)CCOC1. The van der Waals surface area contributed by atoms with Gasteiger partial charge in [0.05, 0.1) is 13.2 Å². The van der Waals surface area contributed by atoms with E-state index in [4.69, 9.17) is 9.47 Å². The molecule has 0 radical (unpaired) electrons. The van der Waals surface area contributed by atoms with Crippen LogP contribution in [0.25, 0.3) is 0 Å². The zero-order chi connectivity index (χ0) is 15.2. The summed E-state index contributed by atoms with van der Waals surface area (Å²) in [6, 6.07) is -0.373. The first kappa shape index (κ1) is 16.7. The minimum atomic E-state index is -1.31. The second kappa shape index (κ2) is 7.44. The predicted octanol–water partition coefficient (Wildman–Crippen LogP) is 0.687. The van der Waals surface area contributed by atoms with Gasteiger partial charge in [0.2, 0.25) is 0 Å². The van der Waals surface area contributed by atoms with Gasteiger partial charge in [0.25, 0.3) is 0 Å². The molecule has 0 bridgehead atoms. The normalized spacial score (nSPS) is 23.4. The van der Waals surface area contributed by atoms with E-state index < -0.39 is 11.5 Å². The maximum Gasteiger partial charge on any atom is 0.332 e. The first-order chi connectivity index (χ1) is 9.46. The molecule has 7 heteroatoms. The molecule has 0 aromatic carbocycles. The van der Waals surface area contributed by atoms with Crippen LogP contribution in [0.1, 0.15) is 26.7 Å². The molecule has 0 aromatic heterocycles. The summed E-state index contributed by atoms with van der Waals surface area (Å²) in [5.74, 6) is -1.06. The van der Waals surface area contributed by atoms with Crippen molar-refractivity contribution in [1.82, 2.24) is 10.2 Å². The van der Waals surface area contributed by atoms with Gasteiger partial charge in [-0.05, 0) is 13.3 Å². The maximum atomic E-state index is 12.4. The monoisotopic (exact) mass is 288 g/mol. The average molecular weight is 288 g/mol. The van der Waals surface area contributed by atoms with Gasteiger partial charge in [0.15, 0.2) is 5.54 Å². The van der Waals surface area contributed by atoms with E-state index in [9.17, 15) is 14.7 Å². The van der Waals surface area contributed by atoms with Crippen molar-refractivity contribution in [2.24, 2.45) is 0 Å². The molecule has 2 amide bonds. The van der Waals surface area contributed by atoms with Gasteiger partial charge in [0.1, 0.15) is 0 Å². The lowest BCUT2D eigenvalue weighted by molar-refractivity contribution is -0.144. The van der Waals surface area contributed by atoms with Gasteiger partial charge in [-0.2, -0.15) is 0 Å². The zero-order valence-corrected chi connectivity index (χ0v) is 12.3. The topological polar surface area (TPSA) is 88.1 Å². The molecule has 116 valence electrons. The number of carboxylic acid groups (broad SMARTS) is 1. The van der Waals surface area contributed by atoms with Crippen molar-refractivity contribution in [2.75, 3.05) is 33.5 Å². The highest BCUT2D eigenvalue weighted by molar-refractivity contribution is 5.86. The van der Waals surface area contributed by atoms with E-state index in [1.807, 2.05) is 13.8 Å². The Morgan fingerprint density at radius 1 is 1.55 bits per heavy atom. The molecular weight excluding hydrogens is 264 g/mol. The summed E-state index contributed by atoms with van der Waals surface area (Å²) < 4.78 is 10.1. The molecule has 1 fully saturated rings. The number of hydrogen-bond acceptors (Lipinski definition) is 4. The Labute approximate surface area is 119 Å². The first-order valence-corrected chi connectivity index (χ1v) is 6.85. The quantitative estimate of drug-likeness (QED) is 0.719. The van der Waals surface area contributed by atoms with E-state index in [0.29, 0.717) is 19.8 Å². The van der Waals surface area contributed by atoms with Gasteiger partial charge in [0, 0.05) is 32.7 Å². The number of ether oxygens (including phenoxy) is 2. The van der Waals surface area contributed by atoms with Crippen LogP contribution in [-0.4, -0.2) is 67.1 Å². The second-order valence-corrected chi connectivity index (χ2v) is 5.06. The van der Waals surface area contributed by atoms with Gasteiger partial charge in [-0.1, -0.05) is 6.92 Å². The van der Waals surface area contributed by atoms with Crippen LogP contribution in [-0.2, 0) is 14.3 Å². The summed E-state index contributed by atoms with van der Waals surface area (Å²) in [6.45, 7) is 5.08. The van der Waals surface area contributed by atoms with Gasteiger partial charge >= 0.3 is 12.0 Å². The lowest BCUT2D eigenvalue weighted by Crippen LogP contribution is -2.60. The number of rotatable bonds is 7. The fourth-order valence-corrected chi connectivity index (χ4v) is 2.09. The highest BCUT2D eigenvalue weighted by atomic mass is 16.5. The molecule has 0 aromatic rings. The molecule has 1 aliphatic heterocycles. The van der Waals surface area contributed by atoms with E-state index in [-0.39, 0.29) is 25.1 Å². The van der Waals surface area contributed by atoms with Crippen LogP contribution in [0.4, 0.5) is 4.79 Å². The molecule has 7 nitrogen and oxygen atoms in total. The number of nitrogens with zero attached hydrogens (tertiary/aromatic N) is 1. The van der Waals surface area contributed by atoms with E-state index in [0.717, 1.165) is 6.42 Å². The summed E-state index contributed by atoms with van der Waals surface area (Å²) in [4.78, 5) is 25.4. The summed E-state index contributed by atoms with van der Waals surface area (Å²) in [6.07, 6.45) is 1.07. The average Bonchev–Trinajstić information content (AvgIpc) is 2.88. The minimum absolute atomic E-state index is 0.00664. The fourth-order valence-electron chi connectivity index (χ4n) is 2.09. The molecule has 2 unspecified atom stereocenters. The maximum absolute atomic E-state index is 12.4. The molecule has 1 saturated heterocycles. The Morgan fingerprint density at radius 2 is 2.25 bits per heavy atom. The lowest BCUT2D eigenvalue weighted by atomic mass is 9.99. The Balaban J connectivity index is 2.75. The highest BCUT2D eigenvalue weighted by Gasteiger charge is 2.44. The van der Waals surface area contributed by atoms with E-state index >= 15 is 0 Å². The van der Waals surface area contributed by atoms with Crippen molar-refractivity contribution in [3.63, 3.8) is 0 Å². The molecule has 2 atom stereocenters. The molecule has 0 saturated carbocycles. The third kappa shape index (κ3) is 3.83. The van der Waals surface area contributed by atoms with Crippen molar-refractivity contribution < 1.29 is 24.2 Å². The third-order valence-electron chi connectivity index (χ3n) is 3.70. The van der Waals surface area contributed by atoms with E-state index in [1.54, 1.807) is 12.0 Å². The first-order valence-electron chi connectivity index (χ1n) is 6.85. The van der Waals surface area contributed by atoms with Gasteiger partial charge < -0.3 is 24.8 Å². The Hall–Kier alpha value is -1.34. The number of hydrogen-bond donors (Lipinski definition) is 2. The number of methoxy groups -OCH3 is 1. The van der Waals surface area contributed by atoms with Crippen LogP contribution in [0.3, 0.4) is 0 Å². The molecule has 2 N–H and O–H groups in total. The number of aliphatic carboxylic acids is 1. The molecule has 1 heterocycles. The molecular formula is C13H24N2O5. The van der Waals surface area contributed by atoms with Crippen molar-refractivity contribution in [3.05, 3.63) is 0 Å². The molecule has 0 aliphatic carbocycles. The lowest BCUT2D eigenvalue weighted by Gasteiger charge is -2.32. The van der Waals surface area contributed by atoms with Gasteiger partial charge in [-0.25, -0.2) is 9.59 Å². The molecule has 1 rings (SSSR count). The molecule has 0 spiro atoms. The number of urea groups is 1. The number of carbonyl (C=O) groups is 2. The molecule has 20 heavy (non-hydrogen) atoms. The Bertz CT molecular complexity index is 342. The van der Waals surface area contributed by atoms with Crippen LogP contribution in [0.5, 0.6) is 0 Å². The zero-order valence-electron chi connectivity index (χ0n) is 12.3. The largest absolute Gasteiger partial charge is 0.479 e. The summed E-state index contributed by atoms with van der Waals surface area (Å²) in [7, 11) is 1.57. The predicted molar refractivity (Wildman–Crippen MR) is 72.7 cm³/mol. The minimum Gasteiger partial charge on any atom is -0.479 e. The van der Waals surface area contributed by atoms with Crippen LogP contribution >= 0.6 is 0 Å². The summed E-state index contributed by atoms with van der Waals surface area (Å²) in [5.41, 5.74) is -1.31. The Morgan fingerprint density at radius 3 is 2.70 bits per heavy atom. The fraction of sp³-hybridized carbons (Fsp3) is 0.846. The van der Waals surface area contributed by atoms with Crippen LogP contribution < -0.4 is 5.32 Å². The van der Waals surface area contributed by atoms with Crippen molar-refractivity contribution in [2.45, 2.75) is 38.3 Å². The number of nitrogens with one attached hydrogen (secondary N) is 1. The number of carboxylic acids is 1. The van der Waals surface area contributed by atoms with E-state index in [2.05, 4.69) is 5.32 Å². The van der Waals surface area contributed by atoms with Gasteiger partial charge in [-0.3, -0.25) is 0 Å².